The lowest BCUT2D eigenvalue weighted by Gasteiger charge is -2.22. The highest BCUT2D eigenvalue weighted by atomic mass is 32.1. The van der Waals surface area contributed by atoms with Gasteiger partial charge in [-0.25, -0.2) is 4.98 Å². The zero-order valence-electron chi connectivity index (χ0n) is 11.0. The second-order valence-corrected chi connectivity index (χ2v) is 6.47. The Morgan fingerprint density at radius 3 is 3.16 bits per heavy atom. The molecular formula is C13H17N5S. The normalized spacial score (nSPS) is 19.0. The van der Waals surface area contributed by atoms with Crippen molar-refractivity contribution in [1.82, 2.24) is 14.5 Å². The minimum atomic E-state index is 0.647. The van der Waals surface area contributed by atoms with Crippen LogP contribution >= 0.6 is 11.3 Å². The van der Waals surface area contributed by atoms with Crippen LogP contribution in [0.3, 0.4) is 0 Å². The fraction of sp³-hybridized carbons (Fsp3) is 0.538. The topological polar surface area (TPSA) is 56.9 Å². The first-order valence-corrected chi connectivity index (χ1v) is 7.58. The molecule has 100 valence electrons. The van der Waals surface area contributed by atoms with Crippen LogP contribution in [-0.4, -0.2) is 34.6 Å². The van der Waals surface area contributed by atoms with Crippen molar-refractivity contribution in [3.05, 3.63) is 15.9 Å². The van der Waals surface area contributed by atoms with E-state index >= 15 is 0 Å². The summed E-state index contributed by atoms with van der Waals surface area (Å²) in [6.07, 6.45) is 2.12. The summed E-state index contributed by atoms with van der Waals surface area (Å²) >= 11 is 1.76. The van der Waals surface area contributed by atoms with E-state index in [4.69, 9.17) is 10.4 Å². The average molecular weight is 275 g/mol. The number of fused-ring (bicyclic) bond motifs is 4. The standard InChI is InChI=1S/C13H17N5S/c1-17-6-3-8-9(7-17)19-12-10(8)11(14)18-5-2-4-15-13(18)16-12/h14H,2-7H2,1H3,(H,15,16). The predicted molar refractivity (Wildman–Crippen MR) is 76.6 cm³/mol. The molecule has 6 heteroatoms. The number of nitrogens with one attached hydrogen (secondary N) is 2. The third-order valence-corrected chi connectivity index (χ3v) is 5.15. The van der Waals surface area contributed by atoms with Gasteiger partial charge in [-0.1, -0.05) is 0 Å². The molecule has 0 fully saturated rings. The fourth-order valence-electron chi connectivity index (χ4n) is 3.03. The van der Waals surface area contributed by atoms with Crippen LogP contribution in [0.1, 0.15) is 16.9 Å². The van der Waals surface area contributed by atoms with Crippen LogP contribution in [-0.2, 0) is 19.5 Å². The van der Waals surface area contributed by atoms with Crippen LogP contribution in [0, 0.1) is 5.41 Å². The zero-order valence-corrected chi connectivity index (χ0v) is 11.8. The van der Waals surface area contributed by atoms with Crippen molar-refractivity contribution >= 4 is 27.5 Å². The molecule has 4 rings (SSSR count). The molecular weight excluding hydrogens is 258 g/mol. The lowest BCUT2D eigenvalue weighted by molar-refractivity contribution is 0.318. The molecule has 0 atom stereocenters. The van der Waals surface area contributed by atoms with Crippen molar-refractivity contribution in [2.45, 2.75) is 25.9 Å². The van der Waals surface area contributed by atoms with Gasteiger partial charge in [0.25, 0.3) is 0 Å². The first kappa shape index (κ1) is 11.4. The fourth-order valence-corrected chi connectivity index (χ4v) is 4.33. The molecule has 0 amide bonds. The molecule has 19 heavy (non-hydrogen) atoms. The van der Waals surface area contributed by atoms with Crippen LogP contribution in [0.2, 0.25) is 0 Å². The second-order valence-electron chi connectivity index (χ2n) is 5.39. The molecule has 0 unspecified atom stereocenters. The Labute approximate surface area is 115 Å². The van der Waals surface area contributed by atoms with Gasteiger partial charge in [-0.3, -0.25) is 9.98 Å². The summed E-state index contributed by atoms with van der Waals surface area (Å²) in [5.41, 5.74) is 2.02. The van der Waals surface area contributed by atoms with Gasteiger partial charge in [0.1, 0.15) is 10.3 Å². The van der Waals surface area contributed by atoms with Crippen LogP contribution in [0.15, 0.2) is 0 Å². The van der Waals surface area contributed by atoms with E-state index < -0.39 is 0 Å². The van der Waals surface area contributed by atoms with Gasteiger partial charge >= 0.3 is 0 Å². The molecule has 0 bridgehead atoms. The SMILES string of the molecule is CN1CCc2c(sc3nc4n(c(=N)c23)CCCN4)C1. The number of aromatic nitrogens is 2. The van der Waals surface area contributed by atoms with Crippen molar-refractivity contribution in [2.75, 3.05) is 25.5 Å². The monoisotopic (exact) mass is 275 g/mol. The Morgan fingerprint density at radius 2 is 2.26 bits per heavy atom. The van der Waals surface area contributed by atoms with Gasteiger partial charge in [0.2, 0.25) is 5.95 Å². The molecule has 0 aliphatic carbocycles. The smallest absolute Gasteiger partial charge is 0.205 e. The molecule has 2 aromatic heterocycles. The number of hydrogen-bond donors (Lipinski definition) is 2. The van der Waals surface area contributed by atoms with Crippen molar-refractivity contribution < 1.29 is 0 Å². The molecule has 5 nitrogen and oxygen atoms in total. The number of rotatable bonds is 0. The Balaban J connectivity index is 2.02. The van der Waals surface area contributed by atoms with Crippen LogP contribution in [0.4, 0.5) is 5.95 Å². The van der Waals surface area contributed by atoms with Crippen molar-refractivity contribution in [3.63, 3.8) is 0 Å². The van der Waals surface area contributed by atoms with E-state index in [-0.39, 0.29) is 0 Å². The minimum Gasteiger partial charge on any atom is -0.355 e. The van der Waals surface area contributed by atoms with Gasteiger partial charge in [-0.15, -0.1) is 11.3 Å². The molecule has 0 saturated heterocycles. The van der Waals surface area contributed by atoms with E-state index in [0.717, 1.165) is 55.2 Å². The van der Waals surface area contributed by atoms with Gasteiger partial charge in [0.05, 0.1) is 5.39 Å². The Kier molecular flexibility index (Phi) is 2.43. The van der Waals surface area contributed by atoms with Gasteiger partial charge in [0, 0.05) is 31.1 Å². The van der Waals surface area contributed by atoms with Crippen LogP contribution in [0.25, 0.3) is 10.2 Å². The van der Waals surface area contributed by atoms with Gasteiger partial charge < -0.3 is 10.2 Å². The van der Waals surface area contributed by atoms with E-state index in [1.165, 1.54) is 10.4 Å². The number of anilines is 1. The van der Waals surface area contributed by atoms with Gasteiger partial charge in [-0.05, 0) is 25.5 Å². The second kappa shape index (κ2) is 4.05. The van der Waals surface area contributed by atoms with Crippen molar-refractivity contribution in [1.29, 1.82) is 5.41 Å². The highest BCUT2D eigenvalue weighted by Gasteiger charge is 2.23. The van der Waals surface area contributed by atoms with Gasteiger partial charge in [0.15, 0.2) is 0 Å². The van der Waals surface area contributed by atoms with E-state index in [1.54, 1.807) is 11.3 Å². The summed E-state index contributed by atoms with van der Waals surface area (Å²) < 4.78 is 2.02. The summed E-state index contributed by atoms with van der Waals surface area (Å²) in [6.45, 7) is 3.96. The lowest BCUT2D eigenvalue weighted by Crippen LogP contribution is -2.31. The average Bonchev–Trinajstić information content (AvgIpc) is 2.76. The number of nitrogens with zero attached hydrogens (tertiary/aromatic N) is 3. The minimum absolute atomic E-state index is 0.647. The van der Waals surface area contributed by atoms with Crippen molar-refractivity contribution in [2.24, 2.45) is 0 Å². The molecule has 0 saturated carbocycles. The van der Waals surface area contributed by atoms with Crippen molar-refractivity contribution in [3.8, 4) is 0 Å². The third kappa shape index (κ3) is 1.63. The molecule has 4 heterocycles. The quantitative estimate of drug-likeness (QED) is 0.764. The summed E-state index contributed by atoms with van der Waals surface area (Å²) in [4.78, 5) is 9.51. The molecule has 2 aromatic rings. The highest BCUT2D eigenvalue weighted by Crippen LogP contribution is 2.32. The number of hydrogen-bond acceptors (Lipinski definition) is 5. The first-order valence-electron chi connectivity index (χ1n) is 6.76. The maximum atomic E-state index is 8.50. The number of thiophene rings is 1. The van der Waals surface area contributed by atoms with Gasteiger partial charge in [-0.2, -0.15) is 0 Å². The maximum absolute atomic E-state index is 8.50. The Morgan fingerprint density at radius 1 is 1.37 bits per heavy atom. The predicted octanol–water partition coefficient (Wildman–Crippen LogP) is 1.38. The molecule has 0 aromatic carbocycles. The molecule has 2 aliphatic heterocycles. The first-order chi connectivity index (χ1) is 9.24. The summed E-state index contributed by atoms with van der Waals surface area (Å²) in [5, 5.41) is 12.9. The molecule has 2 N–H and O–H groups in total. The Bertz CT molecular complexity index is 714. The summed E-state index contributed by atoms with van der Waals surface area (Å²) in [6, 6.07) is 0. The Hall–Kier alpha value is -1.40. The maximum Gasteiger partial charge on any atom is 0.205 e. The largest absolute Gasteiger partial charge is 0.355 e. The summed E-state index contributed by atoms with van der Waals surface area (Å²) in [7, 11) is 2.16. The summed E-state index contributed by atoms with van der Waals surface area (Å²) in [5.74, 6) is 0.871. The van der Waals surface area contributed by atoms with E-state index in [0.29, 0.717) is 5.49 Å². The zero-order chi connectivity index (χ0) is 13.0. The molecule has 2 aliphatic rings. The van der Waals surface area contributed by atoms with Crippen LogP contribution in [0.5, 0.6) is 0 Å². The molecule has 0 spiro atoms. The highest BCUT2D eigenvalue weighted by molar-refractivity contribution is 7.18. The van der Waals surface area contributed by atoms with E-state index in [1.807, 2.05) is 4.57 Å². The van der Waals surface area contributed by atoms with Crippen LogP contribution < -0.4 is 10.8 Å². The van der Waals surface area contributed by atoms with E-state index in [9.17, 15) is 0 Å². The lowest BCUT2D eigenvalue weighted by atomic mass is 10.1. The number of likely N-dealkylation sites (N-methyl/N-ethyl adjacent to an activating group) is 1. The third-order valence-electron chi connectivity index (χ3n) is 4.04. The molecule has 0 radical (unpaired) electrons. The van der Waals surface area contributed by atoms with E-state index in [2.05, 4.69) is 17.3 Å².